The van der Waals surface area contributed by atoms with E-state index in [0.29, 0.717) is 12.5 Å². The quantitative estimate of drug-likeness (QED) is 0.314. The van der Waals surface area contributed by atoms with Gasteiger partial charge in [-0.05, 0) is 54.3 Å². The Morgan fingerprint density at radius 1 is 1.31 bits per heavy atom. The van der Waals surface area contributed by atoms with Crippen LogP contribution in [0.25, 0.3) is 5.65 Å². The first-order valence-electron chi connectivity index (χ1n) is 8.65. The number of pyridine rings is 1. The summed E-state index contributed by atoms with van der Waals surface area (Å²) >= 11 is 1.74. The summed E-state index contributed by atoms with van der Waals surface area (Å²) in [5, 5.41) is 11.1. The van der Waals surface area contributed by atoms with Gasteiger partial charge >= 0.3 is 0 Å². The second kappa shape index (κ2) is 9.91. The van der Waals surface area contributed by atoms with E-state index in [1.165, 1.54) is 11.3 Å². The van der Waals surface area contributed by atoms with E-state index in [2.05, 4.69) is 74.9 Å². The number of halogens is 1. The molecule has 5 nitrogen and oxygen atoms in total. The number of aliphatic imine (C=N–C) groups is 1. The number of guanidine groups is 1. The second-order valence-electron chi connectivity index (χ2n) is 6.16. The van der Waals surface area contributed by atoms with Gasteiger partial charge in [-0.15, -0.1) is 24.0 Å². The van der Waals surface area contributed by atoms with Gasteiger partial charge in [0.1, 0.15) is 5.65 Å². The number of nitrogens with one attached hydrogen (secondary N) is 2. The maximum Gasteiger partial charge on any atom is 0.191 e. The third-order valence-electron chi connectivity index (χ3n) is 4.18. The van der Waals surface area contributed by atoms with Gasteiger partial charge in [0.2, 0.25) is 0 Å². The lowest BCUT2D eigenvalue weighted by Gasteiger charge is -2.15. The number of nitrogens with zero attached hydrogens (tertiary/aromatic N) is 3. The van der Waals surface area contributed by atoms with E-state index in [-0.39, 0.29) is 24.0 Å². The highest BCUT2D eigenvalue weighted by atomic mass is 127. The minimum absolute atomic E-state index is 0. The predicted octanol–water partition coefficient (Wildman–Crippen LogP) is 4.18. The monoisotopic (exact) mass is 483 g/mol. The molecule has 140 valence electrons. The molecule has 1 atom stereocenters. The topological polar surface area (TPSA) is 53.7 Å². The van der Waals surface area contributed by atoms with Crippen LogP contribution in [0.15, 0.2) is 46.2 Å². The average molecular weight is 483 g/mol. The summed E-state index contributed by atoms with van der Waals surface area (Å²) < 4.78 is 2.10. The molecule has 0 saturated heterocycles. The van der Waals surface area contributed by atoms with Crippen molar-refractivity contribution < 1.29 is 0 Å². The number of aromatic nitrogens is 2. The smallest absolute Gasteiger partial charge is 0.191 e. The van der Waals surface area contributed by atoms with E-state index in [4.69, 9.17) is 0 Å². The molecule has 0 bridgehead atoms. The van der Waals surface area contributed by atoms with Crippen molar-refractivity contribution in [1.82, 2.24) is 20.0 Å². The van der Waals surface area contributed by atoms with E-state index < -0.39 is 0 Å². The zero-order chi connectivity index (χ0) is 17.6. The number of fused-ring (bicyclic) bond motifs is 1. The summed E-state index contributed by atoms with van der Waals surface area (Å²) in [7, 11) is 0. The molecule has 3 heterocycles. The standard InChI is InChI=1S/C19H25N5S.HI/c1-4-20-19(21-10-14(2)16-8-9-25-13-16)22-11-17-12-24-15(3)6-5-7-18(24)23-17;/h5-9,12-14H,4,10-11H2,1-3H3,(H2,20,21,22);1H. The van der Waals surface area contributed by atoms with Gasteiger partial charge in [-0.2, -0.15) is 11.3 Å². The minimum atomic E-state index is 0. The average Bonchev–Trinajstić information content (AvgIpc) is 3.27. The van der Waals surface area contributed by atoms with Crippen LogP contribution in [0.2, 0.25) is 0 Å². The third kappa shape index (κ3) is 5.20. The molecule has 7 heteroatoms. The molecule has 0 saturated carbocycles. The Labute approximate surface area is 176 Å². The fourth-order valence-electron chi connectivity index (χ4n) is 2.70. The number of hydrogen-bond donors (Lipinski definition) is 2. The molecule has 0 aliphatic carbocycles. The highest BCUT2D eigenvalue weighted by molar-refractivity contribution is 14.0. The molecule has 26 heavy (non-hydrogen) atoms. The van der Waals surface area contributed by atoms with Crippen molar-refractivity contribution in [3.8, 4) is 0 Å². The van der Waals surface area contributed by atoms with E-state index in [0.717, 1.165) is 30.4 Å². The Morgan fingerprint density at radius 3 is 2.85 bits per heavy atom. The summed E-state index contributed by atoms with van der Waals surface area (Å²) in [6.45, 7) is 8.63. The molecule has 1 unspecified atom stereocenters. The molecule has 0 aliphatic rings. The lowest BCUT2D eigenvalue weighted by Crippen LogP contribution is -2.39. The summed E-state index contributed by atoms with van der Waals surface area (Å²) in [6.07, 6.45) is 2.06. The van der Waals surface area contributed by atoms with Gasteiger partial charge in [0.15, 0.2) is 5.96 Å². The van der Waals surface area contributed by atoms with Gasteiger partial charge in [-0.3, -0.25) is 0 Å². The fraction of sp³-hybridized carbons (Fsp3) is 0.368. The molecule has 0 aliphatic heterocycles. The molecule has 0 aromatic carbocycles. The number of imidazole rings is 1. The van der Waals surface area contributed by atoms with Crippen LogP contribution in [0.4, 0.5) is 0 Å². The maximum absolute atomic E-state index is 4.68. The minimum Gasteiger partial charge on any atom is -0.357 e. The molecule has 0 radical (unpaired) electrons. The molecule has 0 amide bonds. The SMILES string of the molecule is CCNC(=NCc1cn2c(C)cccc2n1)NCC(C)c1ccsc1.I. The molecular formula is C19H26IN5S. The summed E-state index contributed by atoms with van der Waals surface area (Å²) in [5.74, 6) is 1.28. The van der Waals surface area contributed by atoms with Gasteiger partial charge in [-0.25, -0.2) is 9.98 Å². The maximum atomic E-state index is 4.68. The van der Waals surface area contributed by atoms with E-state index in [1.807, 2.05) is 12.1 Å². The Hall–Kier alpha value is -1.61. The number of rotatable bonds is 6. The number of thiophene rings is 1. The van der Waals surface area contributed by atoms with Crippen LogP contribution in [-0.2, 0) is 6.54 Å². The van der Waals surface area contributed by atoms with Crippen molar-refractivity contribution in [2.24, 2.45) is 4.99 Å². The highest BCUT2D eigenvalue weighted by Crippen LogP contribution is 2.17. The van der Waals surface area contributed by atoms with Crippen LogP contribution in [0, 0.1) is 6.92 Å². The Balaban J connectivity index is 0.00000243. The lowest BCUT2D eigenvalue weighted by atomic mass is 10.1. The first-order chi connectivity index (χ1) is 12.2. The van der Waals surface area contributed by atoms with Gasteiger partial charge in [0.25, 0.3) is 0 Å². The van der Waals surface area contributed by atoms with Crippen molar-refractivity contribution >= 4 is 46.9 Å². The molecule has 3 aromatic rings. The van der Waals surface area contributed by atoms with Crippen molar-refractivity contribution in [3.05, 3.63) is 58.2 Å². The number of hydrogen-bond acceptors (Lipinski definition) is 3. The molecular weight excluding hydrogens is 457 g/mol. The highest BCUT2D eigenvalue weighted by Gasteiger charge is 2.08. The van der Waals surface area contributed by atoms with Gasteiger partial charge < -0.3 is 15.0 Å². The van der Waals surface area contributed by atoms with Crippen LogP contribution in [0.3, 0.4) is 0 Å². The Kier molecular flexibility index (Phi) is 7.89. The van der Waals surface area contributed by atoms with Crippen LogP contribution >= 0.6 is 35.3 Å². The van der Waals surface area contributed by atoms with Crippen LogP contribution in [0.5, 0.6) is 0 Å². The summed E-state index contributed by atoms with van der Waals surface area (Å²) in [6, 6.07) is 8.31. The number of aryl methyl sites for hydroxylation is 1. The molecule has 3 aromatic heterocycles. The zero-order valence-electron chi connectivity index (χ0n) is 15.4. The van der Waals surface area contributed by atoms with Gasteiger partial charge in [-0.1, -0.05) is 13.0 Å². The molecule has 0 fully saturated rings. The second-order valence-corrected chi connectivity index (χ2v) is 6.94. The van der Waals surface area contributed by atoms with Gasteiger partial charge in [0.05, 0.1) is 12.2 Å². The van der Waals surface area contributed by atoms with E-state index >= 15 is 0 Å². The van der Waals surface area contributed by atoms with Crippen LogP contribution in [-0.4, -0.2) is 28.4 Å². The van der Waals surface area contributed by atoms with Crippen LogP contribution in [0.1, 0.15) is 36.7 Å². The van der Waals surface area contributed by atoms with Gasteiger partial charge in [0, 0.05) is 25.0 Å². The predicted molar refractivity (Wildman–Crippen MR) is 121 cm³/mol. The van der Waals surface area contributed by atoms with E-state index in [9.17, 15) is 0 Å². The summed E-state index contributed by atoms with van der Waals surface area (Å²) in [4.78, 5) is 9.33. The Bertz CT molecular complexity index is 841. The van der Waals surface area contributed by atoms with Crippen molar-refractivity contribution in [1.29, 1.82) is 0 Å². The first kappa shape index (κ1) is 20.7. The van der Waals surface area contributed by atoms with E-state index in [1.54, 1.807) is 11.3 Å². The van der Waals surface area contributed by atoms with Crippen LogP contribution < -0.4 is 10.6 Å². The lowest BCUT2D eigenvalue weighted by molar-refractivity contribution is 0.701. The van der Waals surface area contributed by atoms with Crippen molar-refractivity contribution in [3.63, 3.8) is 0 Å². The normalized spacial score (nSPS) is 12.7. The largest absolute Gasteiger partial charge is 0.357 e. The van der Waals surface area contributed by atoms with Crippen molar-refractivity contribution in [2.45, 2.75) is 33.2 Å². The Morgan fingerprint density at radius 2 is 2.15 bits per heavy atom. The van der Waals surface area contributed by atoms with Crippen molar-refractivity contribution in [2.75, 3.05) is 13.1 Å². The third-order valence-corrected chi connectivity index (χ3v) is 4.88. The summed E-state index contributed by atoms with van der Waals surface area (Å²) in [5.41, 5.74) is 4.48. The zero-order valence-corrected chi connectivity index (χ0v) is 18.5. The first-order valence-corrected chi connectivity index (χ1v) is 9.59. The fourth-order valence-corrected chi connectivity index (χ4v) is 3.48. The molecule has 2 N–H and O–H groups in total. The molecule has 0 spiro atoms. The molecule has 3 rings (SSSR count).